The van der Waals surface area contributed by atoms with E-state index in [9.17, 15) is 0 Å². The van der Waals surface area contributed by atoms with Crippen LogP contribution in [-0.4, -0.2) is 26.3 Å². The Morgan fingerprint density at radius 3 is 2.89 bits per heavy atom. The summed E-state index contributed by atoms with van der Waals surface area (Å²) in [4.78, 5) is 8.96. The molecule has 6 heteroatoms. The zero-order chi connectivity index (χ0) is 13.7. The van der Waals surface area contributed by atoms with Crippen molar-refractivity contribution >= 4 is 11.3 Å². The van der Waals surface area contributed by atoms with Crippen LogP contribution in [0.2, 0.25) is 0 Å². The maximum absolute atomic E-state index is 4.58. The standard InChI is InChI=1S/C13H21N5S/c1-4-6-18-13(15-9-16-18)7-11(14-5-2)12-8-19-10(3)17-12/h8-9,11,14H,4-7H2,1-3H3. The number of hydrogen-bond donors (Lipinski definition) is 1. The topological polar surface area (TPSA) is 55.6 Å². The summed E-state index contributed by atoms with van der Waals surface area (Å²) in [5.41, 5.74) is 1.11. The lowest BCUT2D eigenvalue weighted by Crippen LogP contribution is -2.25. The molecule has 0 radical (unpaired) electrons. The summed E-state index contributed by atoms with van der Waals surface area (Å²) in [5, 5.41) is 11.0. The highest BCUT2D eigenvalue weighted by atomic mass is 32.1. The summed E-state index contributed by atoms with van der Waals surface area (Å²) in [5.74, 6) is 1.03. The number of nitrogens with one attached hydrogen (secondary N) is 1. The molecule has 0 spiro atoms. The molecule has 0 aliphatic heterocycles. The molecular formula is C13H21N5S. The highest BCUT2D eigenvalue weighted by Gasteiger charge is 2.17. The van der Waals surface area contributed by atoms with Gasteiger partial charge in [0.25, 0.3) is 0 Å². The van der Waals surface area contributed by atoms with Gasteiger partial charge in [-0.3, -0.25) is 4.68 Å². The number of aryl methyl sites for hydroxylation is 2. The molecule has 0 saturated carbocycles. The molecule has 1 unspecified atom stereocenters. The summed E-state index contributed by atoms with van der Waals surface area (Å²) in [6, 6.07) is 0.217. The molecular weight excluding hydrogens is 258 g/mol. The van der Waals surface area contributed by atoms with Crippen molar-refractivity contribution in [1.29, 1.82) is 0 Å². The summed E-state index contributed by atoms with van der Waals surface area (Å²) in [6.07, 6.45) is 3.54. The lowest BCUT2D eigenvalue weighted by Gasteiger charge is -2.15. The molecule has 0 bridgehead atoms. The monoisotopic (exact) mass is 279 g/mol. The van der Waals surface area contributed by atoms with Gasteiger partial charge in [0.2, 0.25) is 0 Å². The summed E-state index contributed by atoms with van der Waals surface area (Å²) >= 11 is 1.69. The first-order valence-corrected chi connectivity index (χ1v) is 7.64. The second-order valence-corrected chi connectivity index (χ2v) is 5.57. The Kier molecular flexibility index (Phi) is 5.04. The third kappa shape index (κ3) is 3.61. The molecule has 0 amide bonds. The molecule has 5 nitrogen and oxygen atoms in total. The van der Waals surface area contributed by atoms with Gasteiger partial charge in [0.1, 0.15) is 12.2 Å². The van der Waals surface area contributed by atoms with E-state index in [-0.39, 0.29) is 6.04 Å². The molecule has 0 aliphatic carbocycles. The summed E-state index contributed by atoms with van der Waals surface area (Å²) < 4.78 is 1.99. The first-order chi connectivity index (χ1) is 9.24. The van der Waals surface area contributed by atoms with E-state index in [4.69, 9.17) is 0 Å². The van der Waals surface area contributed by atoms with Gasteiger partial charge in [0, 0.05) is 18.3 Å². The average Bonchev–Trinajstić information content (AvgIpc) is 2.99. The van der Waals surface area contributed by atoms with Gasteiger partial charge >= 0.3 is 0 Å². The number of rotatable bonds is 7. The molecule has 2 rings (SSSR count). The first-order valence-electron chi connectivity index (χ1n) is 6.76. The number of aromatic nitrogens is 4. The SMILES string of the molecule is CCCn1ncnc1CC(NCC)c1csc(C)n1. The molecule has 2 aromatic heterocycles. The molecule has 0 fully saturated rings. The Hall–Kier alpha value is -1.27. The van der Waals surface area contributed by atoms with Gasteiger partial charge in [0.05, 0.1) is 16.7 Å². The van der Waals surface area contributed by atoms with Gasteiger partial charge in [-0.25, -0.2) is 9.97 Å². The van der Waals surface area contributed by atoms with Crippen LogP contribution < -0.4 is 5.32 Å². The van der Waals surface area contributed by atoms with Gasteiger partial charge in [-0.1, -0.05) is 13.8 Å². The molecule has 1 atom stereocenters. The zero-order valence-electron chi connectivity index (χ0n) is 11.8. The lowest BCUT2D eigenvalue weighted by molar-refractivity contribution is 0.492. The van der Waals surface area contributed by atoms with Crippen molar-refractivity contribution in [3.8, 4) is 0 Å². The van der Waals surface area contributed by atoms with E-state index < -0.39 is 0 Å². The van der Waals surface area contributed by atoms with Crippen molar-refractivity contribution in [3.05, 3.63) is 28.2 Å². The predicted octanol–water partition coefficient (Wildman–Crippen LogP) is 2.35. The van der Waals surface area contributed by atoms with Crippen LogP contribution in [0.25, 0.3) is 0 Å². The van der Waals surface area contributed by atoms with E-state index in [2.05, 4.69) is 39.6 Å². The molecule has 0 aliphatic rings. The van der Waals surface area contributed by atoms with E-state index >= 15 is 0 Å². The van der Waals surface area contributed by atoms with Gasteiger partial charge in [0.15, 0.2) is 0 Å². The van der Waals surface area contributed by atoms with E-state index in [0.717, 1.165) is 42.5 Å². The van der Waals surface area contributed by atoms with Crippen LogP contribution in [0.4, 0.5) is 0 Å². The van der Waals surface area contributed by atoms with Crippen LogP contribution in [0.1, 0.15) is 42.8 Å². The summed E-state index contributed by atoms with van der Waals surface area (Å²) in [7, 11) is 0. The Balaban J connectivity index is 2.14. The number of nitrogens with zero attached hydrogens (tertiary/aromatic N) is 4. The Labute approximate surface area is 118 Å². The van der Waals surface area contributed by atoms with Crippen LogP contribution in [-0.2, 0) is 13.0 Å². The fraction of sp³-hybridized carbons (Fsp3) is 0.615. The van der Waals surface area contributed by atoms with Gasteiger partial charge in [-0.2, -0.15) is 5.10 Å². The highest BCUT2D eigenvalue weighted by molar-refractivity contribution is 7.09. The van der Waals surface area contributed by atoms with E-state index in [1.807, 2.05) is 11.6 Å². The fourth-order valence-electron chi connectivity index (χ4n) is 2.10. The van der Waals surface area contributed by atoms with Crippen LogP contribution in [0, 0.1) is 6.92 Å². The Bertz CT molecular complexity index is 505. The second kappa shape index (κ2) is 6.77. The molecule has 2 heterocycles. The predicted molar refractivity (Wildman–Crippen MR) is 77.3 cm³/mol. The normalized spacial score (nSPS) is 12.8. The minimum absolute atomic E-state index is 0.217. The fourth-order valence-corrected chi connectivity index (χ4v) is 2.76. The quantitative estimate of drug-likeness (QED) is 0.845. The van der Waals surface area contributed by atoms with Crippen LogP contribution in [0.15, 0.2) is 11.7 Å². The lowest BCUT2D eigenvalue weighted by atomic mass is 10.1. The van der Waals surface area contributed by atoms with Crippen molar-refractivity contribution in [2.24, 2.45) is 0 Å². The van der Waals surface area contributed by atoms with Crippen molar-refractivity contribution < 1.29 is 0 Å². The number of likely N-dealkylation sites (N-methyl/N-ethyl adjacent to an activating group) is 1. The molecule has 0 saturated heterocycles. The largest absolute Gasteiger partial charge is 0.309 e. The number of thiazole rings is 1. The minimum atomic E-state index is 0.217. The average molecular weight is 279 g/mol. The molecule has 104 valence electrons. The molecule has 0 aromatic carbocycles. The summed E-state index contributed by atoms with van der Waals surface area (Å²) in [6.45, 7) is 8.14. The number of hydrogen-bond acceptors (Lipinski definition) is 5. The zero-order valence-corrected chi connectivity index (χ0v) is 12.6. The van der Waals surface area contributed by atoms with Crippen LogP contribution >= 0.6 is 11.3 Å². The molecule has 19 heavy (non-hydrogen) atoms. The first kappa shape index (κ1) is 14.1. The van der Waals surface area contributed by atoms with E-state index in [0.29, 0.717) is 0 Å². The highest BCUT2D eigenvalue weighted by Crippen LogP contribution is 2.19. The third-order valence-corrected chi connectivity index (χ3v) is 3.75. The van der Waals surface area contributed by atoms with Crippen molar-refractivity contribution in [3.63, 3.8) is 0 Å². The van der Waals surface area contributed by atoms with E-state index in [1.165, 1.54) is 0 Å². The van der Waals surface area contributed by atoms with Crippen LogP contribution in [0.5, 0.6) is 0 Å². The third-order valence-electron chi connectivity index (χ3n) is 2.96. The molecule has 1 N–H and O–H groups in total. The van der Waals surface area contributed by atoms with Gasteiger partial charge in [-0.15, -0.1) is 11.3 Å². The Morgan fingerprint density at radius 2 is 2.26 bits per heavy atom. The van der Waals surface area contributed by atoms with Crippen LogP contribution in [0.3, 0.4) is 0 Å². The maximum atomic E-state index is 4.58. The Morgan fingerprint density at radius 1 is 1.42 bits per heavy atom. The smallest absolute Gasteiger partial charge is 0.138 e. The van der Waals surface area contributed by atoms with E-state index in [1.54, 1.807) is 17.7 Å². The van der Waals surface area contributed by atoms with Crippen molar-refractivity contribution in [2.45, 2.75) is 46.2 Å². The van der Waals surface area contributed by atoms with Crippen molar-refractivity contribution in [1.82, 2.24) is 25.1 Å². The maximum Gasteiger partial charge on any atom is 0.138 e. The minimum Gasteiger partial charge on any atom is -0.309 e. The molecule has 2 aromatic rings. The second-order valence-electron chi connectivity index (χ2n) is 4.51. The van der Waals surface area contributed by atoms with Gasteiger partial charge in [-0.05, 0) is 19.9 Å². The van der Waals surface area contributed by atoms with Gasteiger partial charge < -0.3 is 5.32 Å². The van der Waals surface area contributed by atoms with Crippen molar-refractivity contribution in [2.75, 3.05) is 6.54 Å².